The van der Waals surface area contributed by atoms with E-state index in [9.17, 15) is 16.8 Å². The Hall–Kier alpha value is -1.03. The molecule has 3 rings (SSSR count). The molecule has 22 heavy (non-hydrogen) atoms. The summed E-state index contributed by atoms with van der Waals surface area (Å²) in [6, 6.07) is 4.64. The maximum absolute atomic E-state index is 12.3. The zero-order valence-electron chi connectivity index (χ0n) is 12.1. The largest absolute Gasteiger partial charge is 0.260 e. The number of aromatic nitrogens is 1. The van der Waals surface area contributed by atoms with Crippen LogP contribution in [0.15, 0.2) is 29.4 Å². The maximum atomic E-state index is 12.3. The first-order valence-corrected chi connectivity index (χ1v) is 10.3. The minimum absolute atomic E-state index is 0.00597. The zero-order valence-corrected chi connectivity index (χ0v) is 13.7. The van der Waals surface area contributed by atoms with E-state index in [0.29, 0.717) is 0 Å². The number of rotatable bonds is 5. The van der Waals surface area contributed by atoms with Gasteiger partial charge in [0.25, 0.3) is 10.0 Å². The number of nitrogens with one attached hydrogen (secondary N) is 1. The third kappa shape index (κ3) is 3.03. The zero-order chi connectivity index (χ0) is 15.8. The van der Waals surface area contributed by atoms with Gasteiger partial charge in [-0.15, -0.1) is 0 Å². The van der Waals surface area contributed by atoms with Crippen LogP contribution >= 0.6 is 0 Å². The fourth-order valence-electron chi connectivity index (χ4n) is 2.80. The lowest BCUT2D eigenvalue weighted by molar-refractivity contribution is 0.306. The molecule has 0 radical (unpaired) electrons. The Morgan fingerprint density at radius 2 is 1.77 bits per heavy atom. The van der Waals surface area contributed by atoms with Crippen LogP contribution in [0.2, 0.25) is 0 Å². The molecule has 2 heterocycles. The summed E-state index contributed by atoms with van der Waals surface area (Å²) in [6.07, 6.45) is 5.21. The molecule has 122 valence electrons. The molecule has 1 N–H and O–H groups in total. The number of nitrogens with zero attached hydrogens (tertiary/aromatic N) is 2. The SMILES string of the molecule is O=S(=O)(NC1CCCC1)C1CN(S(=O)(=O)c2ccccn2)C1. The topological polar surface area (TPSA) is 96.4 Å². The van der Waals surface area contributed by atoms with E-state index in [1.165, 1.54) is 12.3 Å². The van der Waals surface area contributed by atoms with Crippen LogP contribution in [0.4, 0.5) is 0 Å². The Bertz CT molecular complexity index is 722. The molecule has 2 fully saturated rings. The Labute approximate surface area is 130 Å². The van der Waals surface area contributed by atoms with E-state index < -0.39 is 25.3 Å². The normalized spacial score (nSPS) is 21.8. The van der Waals surface area contributed by atoms with Crippen LogP contribution in [-0.4, -0.2) is 50.5 Å². The maximum Gasteiger partial charge on any atom is 0.260 e. The molecule has 1 saturated carbocycles. The second kappa shape index (κ2) is 5.88. The average Bonchev–Trinajstić information content (AvgIpc) is 2.89. The summed E-state index contributed by atoms with van der Waals surface area (Å²) in [7, 11) is -7.15. The molecule has 0 amide bonds. The molecular formula is C13H19N3O4S2. The Balaban J connectivity index is 1.64. The Morgan fingerprint density at radius 1 is 1.09 bits per heavy atom. The van der Waals surface area contributed by atoms with Crippen molar-refractivity contribution in [1.29, 1.82) is 0 Å². The number of pyridine rings is 1. The van der Waals surface area contributed by atoms with E-state index in [0.717, 1.165) is 30.0 Å². The van der Waals surface area contributed by atoms with Gasteiger partial charge in [-0.25, -0.2) is 26.5 Å². The fourth-order valence-corrected chi connectivity index (χ4v) is 6.09. The van der Waals surface area contributed by atoms with Crippen molar-refractivity contribution in [2.45, 2.75) is 42.0 Å². The van der Waals surface area contributed by atoms with Gasteiger partial charge in [0.1, 0.15) is 5.25 Å². The van der Waals surface area contributed by atoms with Crippen molar-refractivity contribution in [2.24, 2.45) is 0 Å². The van der Waals surface area contributed by atoms with Crippen molar-refractivity contribution in [3.8, 4) is 0 Å². The second-order valence-corrected chi connectivity index (χ2v) is 9.63. The molecule has 9 heteroatoms. The van der Waals surface area contributed by atoms with Gasteiger partial charge in [-0.2, -0.15) is 4.31 Å². The molecule has 0 aromatic carbocycles. The molecule has 1 saturated heterocycles. The minimum Gasteiger partial charge on any atom is -0.243 e. The lowest BCUT2D eigenvalue weighted by Crippen LogP contribution is -2.60. The summed E-state index contributed by atoms with van der Waals surface area (Å²) < 4.78 is 52.9. The summed E-state index contributed by atoms with van der Waals surface area (Å²) >= 11 is 0. The summed E-state index contributed by atoms with van der Waals surface area (Å²) in [4.78, 5) is 3.83. The Morgan fingerprint density at radius 3 is 2.36 bits per heavy atom. The molecular weight excluding hydrogens is 326 g/mol. The van der Waals surface area contributed by atoms with Crippen LogP contribution in [0.1, 0.15) is 25.7 Å². The van der Waals surface area contributed by atoms with E-state index in [2.05, 4.69) is 9.71 Å². The van der Waals surface area contributed by atoms with Gasteiger partial charge in [-0.1, -0.05) is 18.9 Å². The molecule has 1 aliphatic heterocycles. The van der Waals surface area contributed by atoms with E-state index in [-0.39, 0.29) is 24.2 Å². The smallest absolute Gasteiger partial charge is 0.243 e. The first kappa shape index (κ1) is 15.9. The molecule has 0 unspecified atom stereocenters. The van der Waals surface area contributed by atoms with Gasteiger partial charge in [-0.3, -0.25) is 0 Å². The molecule has 0 atom stereocenters. The second-order valence-electron chi connectivity index (χ2n) is 5.76. The first-order valence-electron chi connectivity index (χ1n) is 7.32. The minimum atomic E-state index is -3.69. The highest BCUT2D eigenvalue weighted by atomic mass is 32.2. The van der Waals surface area contributed by atoms with Crippen LogP contribution in [-0.2, 0) is 20.0 Å². The summed E-state index contributed by atoms with van der Waals surface area (Å²) in [5.74, 6) is 0. The van der Waals surface area contributed by atoms with Gasteiger partial charge in [0, 0.05) is 25.3 Å². The molecule has 2 aliphatic rings. The van der Waals surface area contributed by atoms with Crippen LogP contribution in [0.25, 0.3) is 0 Å². The van der Waals surface area contributed by atoms with Gasteiger partial charge < -0.3 is 0 Å². The van der Waals surface area contributed by atoms with Gasteiger partial charge in [0.05, 0.1) is 0 Å². The number of hydrogen-bond acceptors (Lipinski definition) is 5. The summed E-state index contributed by atoms with van der Waals surface area (Å²) in [5.41, 5.74) is 0. The highest BCUT2D eigenvalue weighted by Crippen LogP contribution is 2.25. The van der Waals surface area contributed by atoms with E-state index in [4.69, 9.17) is 0 Å². The predicted molar refractivity (Wildman–Crippen MR) is 81.1 cm³/mol. The van der Waals surface area contributed by atoms with Crippen molar-refractivity contribution in [2.75, 3.05) is 13.1 Å². The van der Waals surface area contributed by atoms with Crippen molar-refractivity contribution >= 4 is 20.0 Å². The van der Waals surface area contributed by atoms with Crippen LogP contribution in [0, 0.1) is 0 Å². The van der Waals surface area contributed by atoms with Crippen molar-refractivity contribution in [3.63, 3.8) is 0 Å². The van der Waals surface area contributed by atoms with Crippen molar-refractivity contribution in [1.82, 2.24) is 14.0 Å². The quantitative estimate of drug-likeness (QED) is 0.829. The fraction of sp³-hybridized carbons (Fsp3) is 0.615. The predicted octanol–water partition coefficient (Wildman–Crippen LogP) is 0.316. The molecule has 0 bridgehead atoms. The van der Waals surface area contributed by atoms with Crippen LogP contribution < -0.4 is 4.72 Å². The summed E-state index contributed by atoms with van der Waals surface area (Å²) in [5, 5.41) is -0.721. The van der Waals surface area contributed by atoms with E-state index in [1.54, 1.807) is 12.1 Å². The number of hydrogen-bond donors (Lipinski definition) is 1. The summed E-state index contributed by atoms with van der Waals surface area (Å²) in [6.45, 7) is -0.0259. The lowest BCUT2D eigenvalue weighted by Gasteiger charge is -2.37. The van der Waals surface area contributed by atoms with Gasteiger partial charge in [0.15, 0.2) is 5.03 Å². The third-order valence-corrected chi connectivity index (χ3v) is 7.77. The average molecular weight is 345 g/mol. The first-order chi connectivity index (χ1) is 10.4. The molecule has 1 aliphatic carbocycles. The van der Waals surface area contributed by atoms with Gasteiger partial charge in [-0.05, 0) is 25.0 Å². The Kier molecular flexibility index (Phi) is 4.23. The van der Waals surface area contributed by atoms with Crippen molar-refractivity contribution < 1.29 is 16.8 Å². The lowest BCUT2D eigenvalue weighted by atomic mass is 10.3. The highest BCUT2D eigenvalue weighted by molar-refractivity contribution is 7.91. The van der Waals surface area contributed by atoms with Gasteiger partial charge >= 0.3 is 0 Å². The van der Waals surface area contributed by atoms with E-state index in [1.807, 2.05) is 0 Å². The van der Waals surface area contributed by atoms with Crippen LogP contribution in [0.5, 0.6) is 0 Å². The van der Waals surface area contributed by atoms with Crippen LogP contribution in [0.3, 0.4) is 0 Å². The molecule has 7 nitrogen and oxygen atoms in total. The number of sulfonamides is 2. The monoisotopic (exact) mass is 345 g/mol. The molecule has 1 aromatic rings. The van der Waals surface area contributed by atoms with Crippen molar-refractivity contribution in [3.05, 3.63) is 24.4 Å². The molecule has 0 spiro atoms. The van der Waals surface area contributed by atoms with E-state index >= 15 is 0 Å². The third-order valence-electron chi connectivity index (χ3n) is 4.18. The molecule has 1 aromatic heterocycles. The van der Waals surface area contributed by atoms with Gasteiger partial charge in [0.2, 0.25) is 10.0 Å². The highest BCUT2D eigenvalue weighted by Gasteiger charge is 2.44. The standard InChI is InChI=1S/C13H19N3O4S2/c17-21(18,15-11-5-1-2-6-11)12-9-16(10-12)22(19,20)13-7-3-4-8-14-13/h3-4,7-8,11-12,15H,1-2,5-6,9-10H2.